The summed E-state index contributed by atoms with van der Waals surface area (Å²) in [4.78, 5) is 2.23. The van der Waals surface area contributed by atoms with Gasteiger partial charge in [0.1, 0.15) is 5.82 Å². The highest BCUT2D eigenvalue weighted by molar-refractivity contribution is 5.45. The van der Waals surface area contributed by atoms with Gasteiger partial charge >= 0.3 is 0 Å². The van der Waals surface area contributed by atoms with E-state index in [-0.39, 0.29) is 11.9 Å². The molecule has 96 valence electrons. The van der Waals surface area contributed by atoms with E-state index in [1.165, 1.54) is 12.1 Å². The fraction of sp³-hybridized carbons (Fsp3) is 0.571. The van der Waals surface area contributed by atoms with E-state index >= 15 is 0 Å². The third-order valence-electron chi connectivity index (χ3n) is 3.00. The number of nitrogens with two attached hydrogens (primary N) is 1. The third-order valence-corrected chi connectivity index (χ3v) is 3.00. The number of hydrogen-bond donors (Lipinski definition) is 1. The Morgan fingerprint density at radius 3 is 2.35 bits per heavy atom. The fourth-order valence-corrected chi connectivity index (χ4v) is 1.96. The second-order valence-electron chi connectivity index (χ2n) is 4.39. The van der Waals surface area contributed by atoms with Gasteiger partial charge in [-0.1, -0.05) is 13.3 Å². The molecule has 2 nitrogen and oxygen atoms in total. The van der Waals surface area contributed by atoms with E-state index in [0.717, 1.165) is 38.0 Å². The van der Waals surface area contributed by atoms with Crippen LogP contribution in [-0.4, -0.2) is 19.1 Å². The summed E-state index contributed by atoms with van der Waals surface area (Å²) in [5.41, 5.74) is 7.07. The van der Waals surface area contributed by atoms with Gasteiger partial charge in [0.2, 0.25) is 0 Å². The molecule has 17 heavy (non-hydrogen) atoms. The van der Waals surface area contributed by atoms with Crippen LogP contribution >= 0.6 is 0 Å². The Balaban J connectivity index is 2.51. The van der Waals surface area contributed by atoms with Crippen LogP contribution in [0.1, 0.15) is 33.1 Å². The molecular formula is C14H23FN2. The van der Waals surface area contributed by atoms with E-state index in [4.69, 9.17) is 5.73 Å². The Labute approximate surface area is 104 Å². The molecule has 1 rings (SSSR count). The zero-order valence-electron chi connectivity index (χ0n) is 10.8. The van der Waals surface area contributed by atoms with E-state index in [9.17, 15) is 4.39 Å². The quantitative estimate of drug-likeness (QED) is 0.790. The van der Waals surface area contributed by atoms with E-state index in [2.05, 4.69) is 18.7 Å². The van der Waals surface area contributed by atoms with Crippen LogP contribution in [-0.2, 0) is 0 Å². The molecule has 0 aliphatic carbocycles. The highest BCUT2D eigenvalue weighted by Crippen LogP contribution is 2.15. The van der Waals surface area contributed by atoms with Crippen molar-refractivity contribution >= 4 is 5.69 Å². The lowest BCUT2D eigenvalue weighted by molar-refractivity contribution is 0.555. The van der Waals surface area contributed by atoms with Crippen LogP contribution in [0.15, 0.2) is 24.3 Å². The van der Waals surface area contributed by atoms with Crippen molar-refractivity contribution in [3.63, 3.8) is 0 Å². The lowest BCUT2D eigenvalue weighted by atomic mass is 10.1. The lowest BCUT2D eigenvalue weighted by Gasteiger charge is -2.24. The number of anilines is 1. The number of rotatable bonds is 7. The van der Waals surface area contributed by atoms with Crippen LogP contribution in [0.25, 0.3) is 0 Å². The molecule has 0 aromatic heterocycles. The number of benzene rings is 1. The van der Waals surface area contributed by atoms with Crippen LogP contribution in [0.5, 0.6) is 0 Å². The topological polar surface area (TPSA) is 29.3 Å². The Morgan fingerprint density at radius 1 is 1.18 bits per heavy atom. The summed E-state index contributed by atoms with van der Waals surface area (Å²) < 4.78 is 12.8. The van der Waals surface area contributed by atoms with Crippen molar-refractivity contribution in [2.75, 3.05) is 18.0 Å². The summed E-state index contributed by atoms with van der Waals surface area (Å²) in [5, 5.41) is 0. The molecule has 3 heteroatoms. The molecule has 0 heterocycles. The monoisotopic (exact) mass is 238 g/mol. The maximum absolute atomic E-state index is 12.8. The van der Waals surface area contributed by atoms with Crippen LogP contribution in [0.2, 0.25) is 0 Å². The normalized spacial score (nSPS) is 12.5. The minimum Gasteiger partial charge on any atom is -0.372 e. The van der Waals surface area contributed by atoms with E-state index < -0.39 is 0 Å². The first-order valence-corrected chi connectivity index (χ1v) is 6.43. The van der Waals surface area contributed by atoms with Crippen LogP contribution < -0.4 is 10.6 Å². The van der Waals surface area contributed by atoms with Crippen molar-refractivity contribution in [1.29, 1.82) is 0 Å². The maximum atomic E-state index is 12.8. The molecule has 1 unspecified atom stereocenters. The van der Waals surface area contributed by atoms with E-state index in [1.54, 1.807) is 0 Å². The average molecular weight is 238 g/mol. The van der Waals surface area contributed by atoms with Crippen molar-refractivity contribution in [2.24, 2.45) is 5.73 Å². The molecule has 0 spiro atoms. The molecular weight excluding hydrogens is 215 g/mol. The van der Waals surface area contributed by atoms with E-state index in [0.29, 0.717) is 0 Å². The first kappa shape index (κ1) is 14.0. The minimum absolute atomic E-state index is 0.188. The van der Waals surface area contributed by atoms with Crippen molar-refractivity contribution in [3.05, 3.63) is 30.1 Å². The van der Waals surface area contributed by atoms with Gasteiger partial charge in [0, 0.05) is 24.8 Å². The predicted molar refractivity (Wildman–Crippen MR) is 71.8 cm³/mol. The molecule has 1 aromatic rings. The standard InChI is InChI=1S/C14H23FN2/c1-3-5-13(16)10-11-17(4-2)14-8-6-12(15)7-9-14/h6-9,13H,3-5,10-11,16H2,1-2H3. The molecule has 0 aliphatic heterocycles. The Hall–Kier alpha value is -1.09. The molecule has 1 aromatic carbocycles. The number of nitrogens with zero attached hydrogens (tertiary/aromatic N) is 1. The summed E-state index contributed by atoms with van der Waals surface area (Å²) in [6.07, 6.45) is 3.18. The first-order valence-electron chi connectivity index (χ1n) is 6.43. The molecule has 0 amide bonds. The SMILES string of the molecule is CCCC(N)CCN(CC)c1ccc(F)cc1. The zero-order valence-corrected chi connectivity index (χ0v) is 10.8. The van der Waals surface area contributed by atoms with Crippen molar-refractivity contribution < 1.29 is 4.39 Å². The van der Waals surface area contributed by atoms with Gasteiger partial charge in [-0.05, 0) is 44.0 Å². The van der Waals surface area contributed by atoms with Crippen molar-refractivity contribution in [3.8, 4) is 0 Å². The van der Waals surface area contributed by atoms with Gasteiger partial charge in [-0.3, -0.25) is 0 Å². The Bertz CT molecular complexity index is 311. The van der Waals surface area contributed by atoms with Gasteiger partial charge in [0.15, 0.2) is 0 Å². The average Bonchev–Trinajstić information content (AvgIpc) is 2.32. The fourth-order valence-electron chi connectivity index (χ4n) is 1.96. The van der Waals surface area contributed by atoms with Gasteiger partial charge in [-0.2, -0.15) is 0 Å². The van der Waals surface area contributed by atoms with E-state index in [1.807, 2.05) is 12.1 Å². The smallest absolute Gasteiger partial charge is 0.123 e. The van der Waals surface area contributed by atoms with Gasteiger partial charge < -0.3 is 10.6 Å². The summed E-state index contributed by atoms with van der Waals surface area (Å²) in [5.74, 6) is -0.188. The first-order chi connectivity index (χ1) is 8.17. The second-order valence-corrected chi connectivity index (χ2v) is 4.39. The molecule has 1 atom stereocenters. The summed E-state index contributed by atoms with van der Waals surface area (Å²) in [7, 11) is 0. The van der Waals surface area contributed by atoms with Gasteiger partial charge in [0.25, 0.3) is 0 Å². The summed E-state index contributed by atoms with van der Waals surface area (Å²) in [6.45, 7) is 6.11. The molecule has 0 aliphatic rings. The zero-order chi connectivity index (χ0) is 12.7. The molecule has 0 radical (unpaired) electrons. The van der Waals surface area contributed by atoms with Crippen molar-refractivity contribution in [1.82, 2.24) is 0 Å². The highest BCUT2D eigenvalue weighted by Gasteiger charge is 2.07. The van der Waals surface area contributed by atoms with Gasteiger partial charge in [0.05, 0.1) is 0 Å². The van der Waals surface area contributed by atoms with Crippen LogP contribution in [0, 0.1) is 5.82 Å². The molecule has 2 N–H and O–H groups in total. The van der Waals surface area contributed by atoms with Crippen LogP contribution in [0.4, 0.5) is 10.1 Å². The van der Waals surface area contributed by atoms with Crippen LogP contribution in [0.3, 0.4) is 0 Å². The van der Waals surface area contributed by atoms with Gasteiger partial charge in [-0.25, -0.2) is 4.39 Å². The molecule has 0 fully saturated rings. The largest absolute Gasteiger partial charge is 0.372 e. The maximum Gasteiger partial charge on any atom is 0.123 e. The predicted octanol–water partition coefficient (Wildman–Crippen LogP) is 3.17. The van der Waals surface area contributed by atoms with Gasteiger partial charge in [-0.15, -0.1) is 0 Å². The minimum atomic E-state index is -0.188. The second kappa shape index (κ2) is 7.28. The molecule has 0 saturated heterocycles. The lowest BCUT2D eigenvalue weighted by Crippen LogP contribution is -2.30. The third kappa shape index (κ3) is 4.73. The number of hydrogen-bond acceptors (Lipinski definition) is 2. The summed E-state index contributed by atoms with van der Waals surface area (Å²) in [6, 6.07) is 6.93. The summed E-state index contributed by atoms with van der Waals surface area (Å²) >= 11 is 0. The number of halogens is 1. The molecule has 0 bridgehead atoms. The Kier molecular flexibility index (Phi) is 5.98. The molecule has 0 saturated carbocycles. The highest BCUT2D eigenvalue weighted by atomic mass is 19.1. The Morgan fingerprint density at radius 2 is 1.82 bits per heavy atom. The van der Waals surface area contributed by atoms with Crippen molar-refractivity contribution in [2.45, 2.75) is 39.2 Å².